The second-order valence-corrected chi connectivity index (χ2v) is 6.58. The molecule has 5 nitrogen and oxygen atoms in total. The minimum Gasteiger partial charge on any atom is -0.493 e. The van der Waals surface area contributed by atoms with Crippen molar-refractivity contribution in [2.75, 3.05) is 21.3 Å². The first-order chi connectivity index (χ1) is 12.6. The fourth-order valence-electron chi connectivity index (χ4n) is 2.69. The molecule has 2 aromatic carbocycles. The lowest BCUT2D eigenvalue weighted by atomic mass is 10.1. The molecule has 1 heterocycles. The third-order valence-electron chi connectivity index (χ3n) is 3.98. The number of methoxy groups -OCH3 is 2. The minimum atomic E-state index is -0.131. The molecule has 0 aliphatic heterocycles. The molecular weight excluding hydrogens is 348 g/mol. The number of aromatic nitrogens is 1. The summed E-state index contributed by atoms with van der Waals surface area (Å²) in [6.07, 6.45) is 0. The van der Waals surface area contributed by atoms with Gasteiger partial charge < -0.3 is 14.4 Å². The summed E-state index contributed by atoms with van der Waals surface area (Å²) in [4.78, 5) is 18.9. The predicted octanol–water partition coefficient (Wildman–Crippen LogP) is 4.10. The molecule has 0 aliphatic carbocycles. The molecule has 0 atom stereocenters. The average molecular weight is 368 g/mol. The van der Waals surface area contributed by atoms with Gasteiger partial charge in [0.25, 0.3) is 5.91 Å². The lowest BCUT2D eigenvalue weighted by Gasteiger charge is -2.19. The van der Waals surface area contributed by atoms with Gasteiger partial charge in [-0.3, -0.25) is 4.79 Å². The fraction of sp³-hybridized carbons (Fsp3) is 0.200. The van der Waals surface area contributed by atoms with Gasteiger partial charge in [0.1, 0.15) is 10.7 Å². The van der Waals surface area contributed by atoms with E-state index in [4.69, 9.17) is 9.47 Å². The van der Waals surface area contributed by atoms with Crippen LogP contribution in [0.5, 0.6) is 11.5 Å². The first-order valence-corrected chi connectivity index (χ1v) is 8.98. The van der Waals surface area contributed by atoms with Crippen LogP contribution in [-0.2, 0) is 6.54 Å². The summed E-state index contributed by atoms with van der Waals surface area (Å²) in [7, 11) is 4.94. The van der Waals surface area contributed by atoms with Crippen molar-refractivity contribution in [2.45, 2.75) is 6.54 Å². The van der Waals surface area contributed by atoms with Crippen molar-refractivity contribution in [1.29, 1.82) is 0 Å². The number of nitrogens with zero attached hydrogens (tertiary/aromatic N) is 2. The smallest absolute Gasteiger partial charge is 0.273 e. The summed E-state index contributed by atoms with van der Waals surface area (Å²) >= 11 is 1.47. The molecule has 0 saturated heterocycles. The molecule has 0 unspecified atom stereocenters. The molecule has 1 aromatic heterocycles. The average Bonchev–Trinajstić information content (AvgIpc) is 3.18. The van der Waals surface area contributed by atoms with E-state index in [-0.39, 0.29) is 5.91 Å². The highest BCUT2D eigenvalue weighted by Gasteiger charge is 2.19. The second kappa shape index (κ2) is 8.01. The van der Waals surface area contributed by atoms with Gasteiger partial charge in [0.15, 0.2) is 11.5 Å². The Hall–Kier alpha value is -2.86. The van der Waals surface area contributed by atoms with Crippen LogP contribution >= 0.6 is 11.3 Å². The van der Waals surface area contributed by atoms with Crippen molar-refractivity contribution in [3.05, 3.63) is 65.2 Å². The number of para-hydroxylation sites is 1. The SMILES string of the molecule is COc1cccc(CN(C)C(=O)c2csc(-c3ccccc3)n2)c1OC. The quantitative estimate of drug-likeness (QED) is 0.657. The summed E-state index contributed by atoms with van der Waals surface area (Å²) in [5.74, 6) is 1.15. The van der Waals surface area contributed by atoms with Crippen LogP contribution in [0.25, 0.3) is 10.6 Å². The molecule has 0 N–H and O–H groups in total. The Labute approximate surface area is 156 Å². The normalized spacial score (nSPS) is 10.4. The zero-order chi connectivity index (χ0) is 18.5. The van der Waals surface area contributed by atoms with Gasteiger partial charge in [-0.2, -0.15) is 0 Å². The van der Waals surface area contributed by atoms with E-state index in [0.29, 0.717) is 23.7 Å². The zero-order valence-corrected chi connectivity index (χ0v) is 15.7. The number of hydrogen-bond acceptors (Lipinski definition) is 5. The Morgan fingerprint density at radius 3 is 2.54 bits per heavy atom. The Morgan fingerprint density at radius 2 is 1.85 bits per heavy atom. The molecule has 3 rings (SSSR count). The summed E-state index contributed by atoms with van der Waals surface area (Å²) in [6.45, 7) is 0.400. The lowest BCUT2D eigenvalue weighted by molar-refractivity contribution is 0.0779. The molecular formula is C20H20N2O3S. The first-order valence-electron chi connectivity index (χ1n) is 8.10. The number of rotatable bonds is 6. The highest BCUT2D eigenvalue weighted by Crippen LogP contribution is 2.31. The Morgan fingerprint density at radius 1 is 1.08 bits per heavy atom. The van der Waals surface area contributed by atoms with Crippen LogP contribution in [-0.4, -0.2) is 37.1 Å². The molecule has 0 fully saturated rings. The molecule has 1 amide bonds. The summed E-state index contributed by atoms with van der Waals surface area (Å²) in [5.41, 5.74) is 2.33. The Bertz CT molecular complexity index is 893. The molecule has 0 bridgehead atoms. The van der Waals surface area contributed by atoms with Crippen LogP contribution in [0.15, 0.2) is 53.9 Å². The van der Waals surface area contributed by atoms with E-state index in [1.807, 2.05) is 48.5 Å². The fourth-order valence-corrected chi connectivity index (χ4v) is 3.49. The van der Waals surface area contributed by atoms with Crippen molar-refractivity contribution in [1.82, 2.24) is 9.88 Å². The van der Waals surface area contributed by atoms with Crippen LogP contribution < -0.4 is 9.47 Å². The van der Waals surface area contributed by atoms with Gasteiger partial charge in [-0.1, -0.05) is 42.5 Å². The number of carbonyl (C=O) groups is 1. The van der Waals surface area contributed by atoms with Gasteiger partial charge >= 0.3 is 0 Å². The summed E-state index contributed by atoms with van der Waals surface area (Å²) in [6, 6.07) is 15.5. The zero-order valence-electron chi connectivity index (χ0n) is 14.9. The molecule has 3 aromatic rings. The maximum atomic E-state index is 12.7. The van der Waals surface area contributed by atoms with E-state index in [2.05, 4.69) is 4.98 Å². The van der Waals surface area contributed by atoms with Gasteiger partial charge in [0, 0.05) is 30.1 Å². The van der Waals surface area contributed by atoms with E-state index in [1.165, 1.54) is 11.3 Å². The number of hydrogen-bond donors (Lipinski definition) is 0. The van der Waals surface area contributed by atoms with Crippen LogP contribution in [0, 0.1) is 0 Å². The number of thiazole rings is 1. The maximum Gasteiger partial charge on any atom is 0.273 e. The summed E-state index contributed by atoms with van der Waals surface area (Å²) < 4.78 is 10.8. The maximum absolute atomic E-state index is 12.7. The number of benzene rings is 2. The molecule has 0 saturated carbocycles. The van der Waals surface area contributed by atoms with Crippen LogP contribution in [0.1, 0.15) is 16.1 Å². The molecule has 0 radical (unpaired) electrons. The van der Waals surface area contributed by atoms with E-state index < -0.39 is 0 Å². The van der Waals surface area contributed by atoms with Gasteiger partial charge in [0.05, 0.1) is 14.2 Å². The Balaban J connectivity index is 1.78. The Kier molecular flexibility index (Phi) is 5.53. The third kappa shape index (κ3) is 3.70. The predicted molar refractivity (Wildman–Crippen MR) is 103 cm³/mol. The lowest BCUT2D eigenvalue weighted by Crippen LogP contribution is -2.26. The monoisotopic (exact) mass is 368 g/mol. The number of carbonyl (C=O) groups excluding carboxylic acids is 1. The van der Waals surface area contributed by atoms with E-state index in [0.717, 1.165) is 16.1 Å². The number of ether oxygens (including phenoxy) is 2. The van der Waals surface area contributed by atoms with E-state index in [1.54, 1.807) is 31.5 Å². The van der Waals surface area contributed by atoms with E-state index >= 15 is 0 Å². The van der Waals surface area contributed by atoms with Crippen molar-refractivity contribution in [3.8, 4) is 22.1 Å². The van der Waals surface area contributed by atoms with Crippen molar-refractivity contribution >= 4 is 17.2 Å². The van der Waals surface area contributed by atoms with Crippen LogP contribution in [0.2, 0.25) is 0 Å². The molecule has 26 heavy (non-hydrogen) atoms. The largest absolute Gasteiger partial charge is 0.493 e. The summed E-state index contributed by atoms with van der Waals surface area (Å²) in [5, 5.41) is 2.63. The van der Waals surface area contributed by atoms with Crippen LogP contribution in [0.4, 0.5) is 0 Å². The molecule has 6 heteroatoms. The third-order valence-corrected chi connectivity index (χ3v) is 4.87. The van der Waals surface area contributed by atoms with Gasteiger partial charge in [0.2, 0.25) is 0 Å². The standard InChI is InChI=1S/C20H20N2O3S/c1-22(12-15-10-7-11-17(24-2)18(15)25-3)20(23)16-13-26-19(21-16)14-8-5-4-6-9-14/h4-11,13H,12H2,1-3H3. The van der Waals surface area contributed by atoms with Crippen LogP contribution in [0.3, 0.4) is 0 Å². The van der Waals surface area contributed by atoms with Gasteiger partial charge in [-0.05, 0) is 6.07 Å². The molecule has 134 valence electrons. The molecule has 0 aliphatic rings. The van der Waals surface area contributed by atoms with E-state index in [9.17, 15) is 4.79 Å². The topological polar surface area (TPSA) is 51.7 Å². The van der Waals surface area contributed by atoms with Gasteiger partial charge in [-0.25, -0.2) is 4.98 Å². The first kappa shape index (κ1) is 17.9. The molecule has 0 spiro atoms. The van der Waals surface area contributed by atoms with Crippen molar-refractivity contribution in [2.24, 2.45) is 0 Å². The van der Waals surface area contributed by atoms with Crippen molar-refractivity contribution in [3.63, 3.8) is 0 Å². The second-order valence-electron chi connectivity index (χ2n) is 5.72. The minimum absolute atomic E-state index is 0.131. The highest BCUT2D eigenvalue weighted by atomic mass is 32.1. The number of amides is 1. The highest BCUT2D eigenvalue weighted by molar-refractivity contribution is 7.13. The van der Waals surface area contributed by atoms with Crippen molar-refractivity contribution < 1.29 is 14.3 Å². The van der Waals surface area contributed by atoms with Gasteiger partial charge in [-0.15, -0.1) is 11.3 Å².